The van der Waals surface area contributed by atoms with E-state index in [1.54, 1.807) is 39.8 Å². The lowest BCUT2D eigenvalue weighted by atomic mass is 9.95. The predicted molar refractivity (Wildman–Crippen MR) is 126 cm³/mol. The number of carbonyl (C=O) groups excluding carboxylic acids is 2. The fraction of sp³-hybridized carbons (Fsp3) is 0.435. The highest BCUT2D eigenvalue weighted by atomic mass is 32.2. The monoisotopic (exact) mass is 446 g/mol. The molecule has 8 heteroatoms. The fourth-order valence-corrected chi connectivity index (χ4v) is 3.59. The van der Waals surface area contributed by atoms with Gasteiger partial charge in [0.2, 0.25) is 12.3 Å². The molecule has 0 spiro atoms. The highest BCUT2D eigenvalue weighted by Crippen LogP contribution is 2.30. The lowest BCUT2D eigenvalue weighted by molar-refractivity contribution is -0.123. The molecule has 6 nitrogen and oxygen atoms in total. The van der Waals surface area contributed by atoms with Crippen molar-refractivity contribution < 1.29 is 14.0 Å². The van der Waals surface area contributed by atoms with Crippen LogP contribution in [0.4, 0.5) is 15.8 Å². The smallest absolute Gasteiger partial charge is 0.229 e. The topological polar surface area (TPSA) is 85.2 Å². The number of nitrogens with zero attached hydrogens (tertiary/aromatic N) is 2. The molecule has 0 saturated carbocycles. The average molecular weight is 447 g/mol. The van der Waals surface area contributed by atoms with Crippen LogP contribution in [0, 0.1) is 22.6 Å². The summed E-state index contributed by atoms with van der Waals surface area (Å²) >= 11 is 1.35. The summed E-state index contributed by atoms with van der Waals surface area (Å²) in [5, 5.41) is 15.7. The Balaban J connectivity index is 2.98. The Morgan fingerprint density at radius 2 is 2.00 bits per heavy atom. The quantitative estimate of drug-likeness (QED) is 0.387. The number of nitrogens with one attached hydrogen (secondary N) is 2. The molecule has 1 unspecified atom stereocenters. The van der Waals surface area contributed by atoms with Crippen LogP contribution in [0.3, 0.4) is 0 Å². The van der Waals surface area contributed by atoms with Crippen LogP contribution in [-0.2, 0) is 9.59 Å². The van der Waals surface area contributed by atoms with Crippen LogP contribution >= 0.6 is 11.8 Å². The number of halogens is 1. The molecule has 31 heavy (non-hydrogen) atoms. The summed E-state index contributed by atoms with van der Waals surface area (Å²) in [6.07, 6.45) is 2.66. The van der Waals surface area contributed by atoms with Crippen molar-refractivity contribution in [2.45, 2.75) is 54.5 Å². The lowest BCUT2D eigenvalue weighted by Gasteiger charge is -2.21. The minimum absolute atomic E-state index is 0.117. The Morgan fingerprint density at radius 3 is 2.52 bits per heavy atom. The SMILES string of the molecule is CCN(C=O)/C(SC(C)=CC(C)Nc1ccc(F)c(NC(=O)C(C)(C)C)c1)=C(/C)C#N. The van der Waals surface area contributed by atoms with Crippen molar-refractivity contribution in [2.75, 3.05) is 17.2 Å². The van der Waals surface area contributed by atoms with Gasteiger partial charge in [-0.05, 0) is 50.8 Å². The maximum absolute atomic E-state index is 14.1. The Hall–Kier alpha value is -2.79. The molecule has 1 rings (SSSR count). The van der Waals surface area contributed by atoms with E-state index in [2.05, 4.69) is 16.7 Å². The van der Waals surface area contributed by atoms with E-state index in [1.165, 1.54) is 22.7 Å². The van der Waals surface area contributed by atoms with Gasteiger partial charge < -0.3 is 15.5 Å². The normalized spacial score (nSPS) is 13.6. The standard InChI is InChI=1S/C23H31FN4O2S/c1-8-28(14-29)21(15(2)13-25)31-17(4)11-16(3)26-18-9-10-19(24)20(12-18)27-22(30)23(5,6)7/h9-12,14,16,26H,8H2,1-7H3,(H,27,30)/b17-11?,21-15+. The molecule has 1 atom stereocenters. The highest BCUT2D eigenvalue weighted by Gasteiger charge is 2.22. The van der Waals surface area contributed by atoms with Gasteiger partial charge in [0, 0.05) is 23.7 Å². The van der Waals surface area contributed by atoms with Gasteiger partial charge in [-0.1, -0.05) is 38.6 Å². The molecule has 0 aliphatic rings. The van der Waals surface area contributed by atoms with Crippen molar-refractivity contribution in [3.05, 3.63) is 45.6 Å². The van der Waals surface area contributed by atoms with E-state index >= 15 is 0 Å². The summed E-state index contributed by atoms with van der Waals surface area (Å²) in [6, 6.07) is 6.43. The number of thioether (sulfide) groups is 1. The molecule has 1 aromatic rings. The highest BCUT2D eigenvalue weighted by molar-refractivity contribution is 8.06. The van der Waals surface area contributed by atoms with Crippen LogP contribution in [0.5, 0.6) is 0 Å². The van der Waals surface area contributed by atoms with Crippen molar-refractivity contribution in [3.63, 3.8) is 0 Å². The van der Waals surface area contributed by atoms with E-state index < -0.39 is 11.2 Å². The molecule has 0 aliphatic heterocycles. The Morgan fingerprint density at radius 1 is 1.35 bits per heavy atom. The van der Waals surface area contributed by atoms with E-state index in [9.17, 15) is 19.2 Å². The fourth-order valence-electron chi connectivity index (χ4n) is 2.53. The van der Waals surface area contributed by atoms with Crippen LogP contribution in [0.2, 0.25) is 0 Å². The van der Waals surface area contributed by atoms with Gasteiger partial charge in [-0.2, -0.15) is 5.26 Å². The van der Waals surface area contributed by atoms with E-state index in [0.717, 1.165) is 4.91 Å². The van der Waals surface area contributed by atoms with Crippen LogP contribution in [-0.4, -0.2) is 29.8 Å². The summed E-state index contributed by atoms with van der Waals surface area (Å²) < 4.78 is 14.1. The zero-order valence-electron chi connectivity index (χ0n) is 19.2. The summed E-state index contributed by atoms with van der Waals surface area (Å²) in [5.41, 5.74) is 0.594. The number of amides is 2. The van der Waals surface area contributed by atoms with E-state index in [4.69, 9.17) is 0 Å². The summed E-state index contributed by atoms with van der Waals surface area (Å²) in [7, 11) is 0. The molecule has 0 fully saturated rings. The first-order valence-corrected chi connectivity index (χ1v) is 10.8. The van der Waals surface area contributed by atoms with Crippen LogP contribution < -0.4 is 10.6 Å². The number of hydrogen-bond donors (Lipinski definition) is 2. The van der Waals surface area contributed by atoms with Gasteiger partial charge in [-0.3, -0.25) is 9.59 Å². The van der Waals surface area contributed by atoms with Gasteiger partial charge >= 0.3 is 0 Å². The zero-order valence-corrected chi connectivity index (χ0v) is 20.0. The third kappa shape index (κ3) is 8.10. The van der Waals surface area contributed by atoms with E-state index in [0.29, 0.717) is 29.2 Å². The molecule has 0 saturated heterocycles. The number of anilines is 2. The summed E-state index contributed by atoms with van der Waals surface area (Å²) in [6.45, 7) is 13.1. The average Bonchev–Trinajstić information content (AvgIpc) is 2.69. The van der Waals surface area contributed by atoms with Gasteiger partial charge in [0.1, 0.15) is 5.82 Å². The molecule has 2 N–H and O–H groups in total. The minimum Gasteiger partial charge on any atom is -0.379 e. The van der Waals surface area contributed by atoms with E-state index in [-0.39, 0.29) is 17.6 Å². The molecule has 2 amide bonds. The van der Waals surface area contributed by atoms with Gasteiger partial charge in [-0.15, -0.1) is 0 Å². The van der Waals surface area contributed by atoms with Crippen molar-refractivity contribution in [1.29, 1.82) is 5.26 Å². The first-order chi connectivity index (χ1) is 14.4. The van der Waals surface area contributed by atoms with Crippen molar-refractivity contribution in [3.8, 4) is 6.07 Å². The number of allylic oxidation sites excluding steroid dienone is 2. The maximum Gasteiger partial charge on any atom is 0.229 e. The Labute approximate surface area is 188 Å². The molecule has 0 aromatic heterocycles. The predicted octanol–water partition coefficient (Wildman–Crippen LogP) is 5.48. The summed E-state index contributed by atoms with van der Waals surface area (Å²) in [4.78, 5) is 25.9. The number of nitriles is 1. The van der Waals surface area contributed by atoms with E-state index in [1.807, 2.05) is 26.8 Å². The van der Waals surface area contributed by atoms with Gasteiger partial charge in [0.25, 0.3) is 0 Å². The second-order valence-corrected chi connectivity index (χ2v) is 9.38. The molecule has 0 aliphatic carbocycles. The van der Waals surface area contributed by atoms with Crippen LogP contribution in [0.1, 0.15) is 48.5 Å². The van der Waals surface area contributed by atoms with Crippen molar-refractivity contribution >= 4 is 35.5 Å². The van der Waals surface area contributed by atoms with Crippen molar-refractivity contribution in [1.82, 2.24) is 4.90 Å². The third-order valence-corrected chi connectivity index (χ3v) is 5.44. The van der Waals surface area contributed by atoms with Crippen molar-refractivity contribution in [2.24, 2.45) is 5.41 Å². The maximum atomic E-state index is 14.1. The Bertz CT molecular complexity index is 913. The number of hydrogen-bond acceptors (Lipinski definition) is 5. The number of rotatable bonds is 9. The second-order valence-electron chi connectivity index (χ2n) is 8.14. The first kappa shape index (κ1) is 26.2. The lowest BCUT2D eigenvalue weighted by Crippen LogP contribution is -2.28. The van der Waals surface area contributed by atoms with Crippen LogP contribution in [0.15, 0.2) is 39.8 Å². The molecule has 168 valence electrons. The molecular formula is C23H31FN4O2S. The van der Waals surface area contributed by atoms with Gasteiger partial charge in [0.15, 0.2) is 0 Å². The third-order valence-electron chi connectivity index (χ3n) is 4.25. The molecule has 1 aromatic carbocycles. The molecular weight excluding hydrogens is 415 g/mol. The van der Waals surface area contributed by atoms with Crippen LogP contribution in [0.25, 0.3) is 0 Å². The van der Waals surface area contributed by atoms with Gasteiger partial charge in [-0.25, -0.2) is 4.39 Å². The summed E-state index contributed by atoms with van der Waals surface area (Å²) in [5.74, 6) is -0.778. The number of carbonyl (C=O) groups is 2. The van der Waals surface area contributed by atoms with Gasteiger partial charge in [0.05, 0.1) is 22.4 Å². The molecule has 0 radical (unpaired) electrons. The number of benzene rings is 1. The zero-order chi connectivity index (χ0) is 23.8. The molecule has 0 heterocycles. The minimum atomic E-state index is -0.638. The molecule has 0 bridgehead atoms. The first-order valence-electron chi connectivity index (χ1n) is 9.99. The largest absolute Gasteiger partial charge is 0.379 e. The second kappa shape index (κ2) is 11.6. The Kier molecular flexibility index (Phi) is 9.79.